The Kier molecular flexibility index (Phi) is 4.02. The van der Waals surface area contributed by atoms with E-state index in [1.807, 2.05) is 43.3 Å². The first-order valence-electron chi connectivity index (χ1n) is 7.39. The van der Waals surface area contributed by atoms with Crippen LogP contribution in [0.25, 0.3) is 0 Å². The average Bonchev–Trinajstić information content (AvgIpc) is 3.01. The molecule has 1 N–H and O–H groups in total. The first-order chi connectivity index (χ1) is 11.1. The van der Waals surface area contributed by atoms with Crippen molar-refractivity contribution in [2.45, 2.75) is 19.4 Å². The largest absolute Gasteiger partial charge is 0.497 e. The summed E-state index contributed by atoms with van der Waals surface area (Å²) in [5, 5.41) is 15.6. The number of carboxylic acid groups (broad SMARTS) is 1. The van der Waals surface area contributed by atoms with Crippen LogP contribution in [0.3, 0.4) is 0 Å². The molecular weight excluding hydrogens is 292 g/mol. The van der Waals surface area contributed by atoms with E-state index in [4.69, 9.17) is 4.74 Å². The Morgan fingerprint density at radius 1 is 1.17 bits per heavy atom. The summed E-state index contributed by atoms with van der Waals surface area (Å²) in [6.45, 7) is 2.02. The number of hydrogen-bond donors (Lipinski definition) is 1. The fourth-order valence-electron chi connectivity index (χ4n) is 2.60. The second-order valence-electron chi connectivity index (χ2n) is 5.51. The quantitative estimate of drug-likeness (QED) is 0.942. The third-order valence-corrected chi connectivity index (χ3v) is 3.92. The molecule has 0 radical (unpaired) electrons. The van der Waals surface area contributed by atoms with E-state index in [2.05, 4.69) is 5.10 Å². The minimum absolute atomic E-state index is 0.379. The van der Waals surface area contributed by atoms with Gasteiger partial charge in [-0.1, -0.05) is 29.8 Å². The predicted octanol–water partition coefficient (Wildman–Crippen LogP) is 3.07. The molecule has 118 valence electrons. The lowest BCUT2D eigenvalue weighted by Crippen LogP contribution is -2.34. The molecule has 1 unspecified atom stereocenters. The summed E-state index contributed by atoms with van der Waals surface area (Å²) in [6, 6.07) is 14.5. The van der Waals surface area contributed by atoms with Crippen LogP contribution in [0, 0.1) is 6.92 Å². The number of carbonyl (C=O) groups is 1. The Hall–Kier alpha value is -2.82. The molecule has 2 aromatic carbocycles. The Balaban J connectivity index is 1.94. The number of hydrazone groups is 1. The van der Waals surface area contributed by atoms with E-state index in [0.717, 1.165) is 28.3 Å². The number of aryl methyl sites for hydroxylation is 1. The Morgan fingerprint density at radius 3 is 2.39 bits per heavy atom. The van der Waals surface area contributed by atoms with E-state index in [-0.39, 0.29) is 0 Å². The van der Waals surface area contributed by atoms with Crippen molar-refractivity contribution in [1.29, 1.82) is 0 Å². The lowest BCUT2D eigenvalue weighted by Gasteiger charge is -2.20. The first-order valence-corrected chi connectivity index (χ1v) is 7.39. The van der Waals surface area contributed by atoms with Crippen molar-refractivity contribution < 1.29 is 14.6 Å². The topological polar surface area (TPSA) is 62.1 Å². The van der Waals surface area contributed by atoms with Crippen molar-refractivity contribution in [2.24, 2.45) is 5.10 Å². The number of carboxylic acids is 1. The molecule has 0 amide bonds. The molecular formula is C18H18N2O3. The van der Waals surface area contributed by atoms with Crippen LogP contribution in [0.1, 0.15) is 17.5 Å². The van der Waals surface area contributed by atoms with Crippen LogP contribution in [0.2, 0.25) is 0 Å². The van der Waals surface area contributed by atoms with Crippen LogP contribution >= 0.6 is 0 Å². The average molecular weight is 310 g/mol. The van der Waals surface area contributed by atoms with Gasteiger partial charge in [0.25, 0.3) is 0 Å². The number of ether oxygens (including phenoxy) is 1. The van der Waals surface area contributed by atoms with Crippen molar-refractivity contribution in [3.05, 3.63) is 59.7 Å². The van der Waals surface area contributed by atoms with Crippen molar-refractivity contribution in [2.75, 3.05) is 12.1 Å². The minimum Gasteiger partial charge on any atom is -0.497 e. The number of anilines is 1. The van der Waals surface area contributed by atoms with Crippen molar-refractivity contribution in [3.63, 3.8) is 0 Å². The Labute approximate surface area is 134 Å². The second-order valence-corrected chi connectivity index (χ2v) is 5.51. The summed E-state index contributed by atoms with van der Waals surface area (Å²) in [6.07, 6.45) is 0.379. The van der Waals surface area contributed by atoms with Gasteiger partial charge in [-0.3, -0.25) is 5.01 Å². The molecule has 23 heavy (non-hydrogen) atoms. The van der Waals surface area contributed by atoms with Crippen molar-refractivity contribution in [1.82, 2.24) is 0 Å². The zero-order chi connectivity index (χ0) is 16.4. The van der Waals surface area contributed by atoms with Crippen LogP contribution < -0.4 is 9.75 Å². The molecule has 0 saturated carbocycles. The Bertz CT molecular complexity index is 736. The predicted molar refractivity (Wildman–Crippen MR) is 89.2 cm³/mol. The maximum atomic E-state index is 11.6. The summed E-state index contributed by atoms with van der Waals surface area (Å²) in [5.41, 5.74) is 3.64. The summed E-state index contributed by atoms with van der Waals surface area (Å²) >= 11 is 0. The zero-order valence-corrected chi connectivity index (χ0v) is 13.1. The van der Waals surface area contributed by atoms with Gasteiger partial charge < -0.3 is 9.84 Å². The molecule has 0 fully saturated rings. The fourth-order valence-corrected chi connectivity index (χ4v) is 2.60. The van der Waals surface area contributed by atoms with Gasteiger partial charge in [0.15, 0.2) is 6.04 Å². The monoisotopic (exact) mass is 310 g/mol. The van der Waals surface area contributed by atoms with Crippen molar-refractivity contribution in [3.8, 4) is 5.75 Å². The molecule has 1 atom stereocenters. The van der Waals surface area contributed by atoms with Gasteiger partial charge in [-0.05, 0) is 36.8 Å². The number of hydrogen-bond acceptors (Lipinski definition) is 4. The highest BCUT2D eigenvalue weighted by Gasteiger charge is 2.33. The summed E-state index contributed by atoms with van der Waals surface area (Å²) < 4.78 is 5.14. The zero-order valence-electron chi connectivity index (χ0n) is 13.1. The lowest BCUT2D eigenvalue weighted by atomic mass is 10.0. The van der Waals surface area contributed by atoms with E-state index in [1.54, 1.807) is 24.3 Å². The summed E-state index contributed by atoms with van der Waals surface area (Å²) in [4.78, 5) is 11.6. The van der Waals surface area contributed by atoms with E-state index >= 15 is 0 Å². The maximum absolute atomic E-state index is 11.6. The Morgan fingerprint density at radius 2 is 1.83 bits per heavy atom. The van der Waals surface area contributed by atoms with E-state index in [9.17, 15) is 9.90 Å². The van der Waals surface area contributed by atoms with Gasteiger partial charge >= 0.3 is 5.97 Å². The van der Waals surface area contributed by atoms with Gasteiger partial charge in [-0.25, -0.2) is 4.79 Å². The van der Waals surface area contributed by atoms with Gasteiger partial charge in [0.05, 0.1) is 18.5 Å². The lowest BCUT2D eigenvalue weighted by molar-refractivity contribution is -0.138. The number of methoxy groups -OCH3 is 1. The third kappa shape index (κ3) is 3.04. The van der Waals surface area contributed by atoms with Crippen LogP contribution in [0.4, 0.5) is 5.69 Å². The molecule has 5 nitrogen and oxygen atoms in total. The molecule has 2 aromatic rings. The van der Waals surface area contributed by atoms with Crippen LogP contribution in [0.15, 0.2) is 53.6 Å². The molecule has 3 rings (SSSR count). The minimum atomic E-state index is -0.883. The normalized spacial score (nSPS) is 17.0. The molecule has 0 aliphatic carbocycles. The van der Waals surface area contributed by atoms with Crippen molar-refractivity contribution >= 4 is 17.4 Å². The van der Waals surface area contributed by atoms with Crippen LogP contribution in [-0.4, -0.2) is 29.9 Å². The van der Waals surface area contributed by atoms with Gasteiger partial charge in [0, 0.05) is 6.42 Å². The molecule has 0 spiro atoms. The highest BCUT2D eigenvalue weighted by Crippen LogP contribution is 2.28. The molecule has 1 heterocycles. The van der Waals surface area contributed by atoms with E-state index in [0.29, 0.717) is 6.42 Å². The van der Waals surface area contributed by atoms with Gasteiger partial charge in [-0.2, -0.15) is 5.10 Å². The highest BCUT2D eigenvalue weighted by atomic mass is 16.5. The van der Waals surface area contributed by atoms with Gasteiger partial charge in [0.2, 0.25) is 0 Å². The van der Waals surface area contributed by atoms with Crippen LogP contribution in [-0.2, 0) is 4.79 Å². The number of nitrogens with zero attached hydrogens (tertiary/aromatic N) is 2. The highest BCUT2D eigenvalue weighted by molar-refractivity contribution is 6.06. The standard InChI is InChI=1S/C18H18N2O3/c1-12-3-5-13(6-4-12)16-11-17(18(21)22)20(19-16)14-7-9-15(23-2)10-8-14/h3-10,17H,11H2,1-2H3,(H,21,22). The smallest absolute Gasteiger partial charge is 0.328 e. The summed E-state index contributed by atoms with van der Waals surface area (Å²) in [7, 11) is 1.60. The molecule has 0 bridgehead atoms. The molecule has 1 aliphatic rings. The van der Waals surface area contributed by atoms with E-state index < -0.39 is 12.0 Å². The molecule has 0 aromatic heterocycles. The van der Waals surface area contributed by atoms with Crippen LogP contribution in [0.5, 0.6) is 5.75 Å². The fraction of sp³-hybridized carbons (Fsp3) is 0.222. The second kappa shape index (κ2) is 6.12. The molecule has 0 saturated heterocycles. The SMILES string of the molecule is COc1ccc(N2N=C(c3ccc(C)cc3)CC2C(=O)O)cc1. The summed E-state index contributed by atoms with van der Waals surface area (Å²) in [5.74, 6) is -0.158. The number of rotatable bonds is 4. The maximum Gasteiger partial charge on any atom is 0.328 e. The van der Waals surface area contributed by atoms with Gasteiger partial charge in [-0.15, -0.1) is 0 Å². The third-order valence-electron chi connectivity index (χ3n) is 3.92. The van der Waals surface area contributed by atoms with E-state index in [1.165, 1.54) is 0 Å². The first kappa shape index (κ1) is 15.1. The molecule has 5 heteroatoms. The number of benzene rings is 2. The number of aliphatic carboxylic acids is 1. The van der Waals surface area contributed by atoms with Gasteiger partial charge in [0.1, 0.15) is 5.75 Å². The molecule has 1 aliphatic heterocycles.